The smallest absolute Gasteiger partial charge is 0.232 e. The third-order valence-corrected chi connectivity index (χ3v) is 4.30. The lowest BCUT2D eigenvalue weighted by molar-refractivity contribution is 0.101. The predicted molar refractivity (Wildman–Crippen MR) is 104 cm³/mol. The van der Waals surface area contributed by atoms with Crippen molar-refractivity contribution in [2.75, 3.05) is 0 Å². The van der Waals surface area contributed by atoms with E-state index >= 15 is 0 Å². The summed E-state index contributed by atoms with van der Waals surface area (Å²) in [4.78, 5) is 12.5. The van der Waals surface area contributed by atoms with Crippen LogP contribution in [0.15, 0.2) is 71.4 Å². The molecule has 0 radical (unpaired) electrons. The number of fused-ring (bicyclic) bond motifs is 1. The molecule has 27 heavy (non-hydrogen) atoms. The van der Waals surface area contributed by atoms with Crippen LogP contribution >= 0.6 is 0 Å². The maximum absolute atomic E-state index is 12.5. The summed E-state index contributed by atoms with van der Waals surface area (Å²) in [6.45, 7) is 6.02. The highest BCUT2D eigenvalue weighted by Gasteiger charge is 2.28. The lowest BCUT2D eigenvalue weighted by atomic mass is 10.1. The van der Waals surface area contributed by atoms with Gasteiger partial charge in [0.1, 0.15) is 29.6 Å². The van der Waals surface area contributed by atoms with Crippen LogP contribution in [-0.2, 0) is 6.61 Å². The first kappa shape index (κ1) is 16.9. The van der Waals surface area contributed by atoms with Crippen molar-refractivity contribution in [3.8, 4) is 11.5 Å². The average Bonchev–Trinajstić information content (AvgIpc) is 3.23. The van der Waals surface area contributed by atoms with Gasteiger partial charge >= 0.3 is 0 Å². The number of carbonyl (C=O) groups excluding carboxylic acids is 1. The van der Waals surface area contributed by atoms with Gasteiger partial charge in [-0.05, 0) is 42.3 Å². The lowest BCUT2D eigenvalue weighted by Crippen LogP contribution is -1.97. The van der Waals surface area contributed by atoms with Gasteiger partial charge in [0.05, 0.1) is 5.56 Å². The van der Waals surface area contributed by atoms with Gasteiger partial charge in [0.25, 0.3) is 0 Å². The predicted octanol–water partition coefficient (Wildman–Crippen LogP) is 5.43. The number of hydrogen-bond acceptors (Lipinski definition) is 4. The Hall–Kier alpha value is -3.53. The number of Topliss-reactive ketones (excluding diaryl/α,β-unsaturated/α-hetero) is 1. The van der Waals surface area contributed by atoms with E-state index in [2.05, 4.69) is 6.58 Å². The first-order valence-electron chi connectivity index (χ1n) is 8.61. The molecule has 0 spiro atoms. The minimum absolute atomic E-state index is 0.161. The number of ketones is 1. The Morgan fingerprint density at radius 1 is 1.07 bits per heavy atom. The quantitative estimate of drug-likeness (QED) is 0.571. The second kappa shape index (κ2) is 7.00. The van der Waals surface area contributed by atoms with Crippen molar-refractivity contribution < 1.29 is 18.7 Å². The van der Waals surface area contributed by atoms with Crippen LogP contribution in [0.2, 0.25) is 0 Å². The summed E-state index contributed by atoms with van der Waals surface area (Å²) < 4.78 is 17.0. The lowest BCUT2D eigenvalue weighted by Gasteiger charge is -2.07. The fraction of sp³-hybridized carbons (Fsp3) is 0.0870. The number of benzene rings is 2. The number of carbonyl (C=O) groups is 1. The highest BCUT2D eigenvalue weighted by Crippen LogP contribution is 2.35. The topological polar surface area (TPSA) is 48.7 Å². The van der Waals surface area contributed by atoms with E-state index in [0.717, 1.165) is 16.9 Å². The number of rotatable bonds is 5. The van der Waals surface area contributed by atoms with E-state index < -0.39 is 0 Å². The van der Waals surface area contributed by atoms with Crippen molar-refractivity contribution in [3.63, 3.8) is 0 Å². The molecule has 3 aromatic rings. The second-order valence-corrected chi connectivity index (χ2v) is 6.28. The number of ether oxygens (including phenoxy) is 2. The second-order valence-electron chi connectivity index (χ2n) is 6.28. The normalized spacial score (nSPS) is 14.1. The monoisotopic (exact) mass is 358 g/mol. The van der Waals surface area contributed by atoms with Crippen molar-refractivity contribution in [3.05, 3.63) is 95.1 Å². The van der Waals surface area contributed by atoms with Crippen LogP contribution in [0, 0.1) is 6.92 Å². The van der Waals surface area contributed by atoms with Gasteiger partial charge in [-0.3, -0.25) is 4.79 Å². The molecule has 2 heterocycles. The molecule has 0 amide bonds. The molecule has 1 aliphatic heterocycles. The zero-order valence-electron chi connectivity index (χ0n) is 14.9. The van der Waals surface area contributed by atoms with E-state index in [1.54, 1.807) is 36.4 Å². The zero-order chi connectivity index (χ0) is 18.8. The van der Waals surface area contributed by atoms with Gasteiger partial charge in [0.15, 0.2) is 5.76 Å². The largest absolute Gasteiger partial charge is 0.489 e. The maximum atomic E-state index is 12.5. The molecule has 0 saturated carbocycles. The van der Waals surface area contributed by atoms with Gasteiger partial charge in [-0.2, -0.15) is 0 Å². The maximum Gasteiger partial charge on any atom is 0.232 e. The van der Waals surface area contributed by atoms with Gasteiger partial charge in [0, 0.05) is 12.1 Å². The molecule has 1 aliphatic rings. The Morgan fingerprint density at radius 2 is 1.89 bits per heavy atom. The Bertz CT molecular complexity index is 1040. The number of allylic oxidation sites excluding steroid dienone is 1. The molecule has 0 saturated heterocycles. The van der Waals surface area contributed by atoms with Crippen molar-refractivity contribution in [1.82, 2.24) is 0 Å². The highest BCUT2D eigenvalue weighted by atomic mass is 16.5. The number of furan rings is 1. The van der Waals surface area contributed by atoms with Crippen molar-refractivity contribution in [2.24, 2.45) is 0 Å². The molecule has 0 bridgehead atoms. The van der Waals surface area contributed by atoms with Gasteiger partial charge in [-0.25, -0.2) is 0 Å². The van der Waals surface area contributed by atoms with Gasteiger partial charge in [0.2, 0.25) is 5.78 Å². The molecule has 4 heteroatoms. The van der Waals surface area contributed by atoms with Crippen LogP contribution < -0.4 is 9.47 Å². The molecule has 0 aliphatic carbocycles. The molecular formula is C23H18O4. The minimum atomic E-state index is -0.161. The fourth-order valence-electron chi connectivity index (χ4n) is 2.83. The summed E-state index contributed by atoms with van der Waals surface area (Å²) in [6.07, 6.45) is 3.41. The van der Waals surface area contributed by atoms with Crippen LogP contribution in [0.5, 0.6) is 11.5 Å². The van der Waals surface area contributed by atoms with E-state index in [0.29, 0.717) is 29.4 Å². The van der Waals surface area contributed by atoms with Crippen LogP contribution in [0.25, 0.3) is 12.2 Å². The van der Waals surface area contributed by atoms with Gasteiger partial charge < -0.3 is 13.9 Å². The Balaban J connectivity index is 1.48. The summed E-state index contributed by atoms with van der Waals surface area (Å²) in [6, 6.07) is 16.8. The molecule has 134 valence electrons. The van der Waals surface area contributed by atoms with Crippen LogP contribution in [0.3, 0.4) is 0 Å². The average molecular weight is 358 g/mol. The van der Waals surface area contributed by atoms with Crippen molar-refractivity contribution in [1.29, 1.82) is 0 Å². The van der Waals surface area contributed by atoms with Gasteiger partial charge in [-0.15, -0.1) is 0 Å². The molecule has 4 nitrogen and oxygen atoms in total. The van der Waals surface area contributed by atoms with E-state index in [9.17, 15) is 4.79 Å². The molecule has 4 rings (SSSR count). The fourth-order valence-corrected chi connectivity index (χ4v) is 2.83. The first-order chi connectivity index (χ1) is 13.1. The third-order valence-electron chi connectivity index (χ3n) is 4.30. The summed E-state index contributed by atoms with van der Waals surface area (Å²) in [7, 11) is 0. The van der Waals surface area contributed by atoms with E-state index in [-0.39, 0.29) is 11.5 Å². The summed E-state index contributed by atoms with van der Waals surface area (Å²) in [5, 5.41) is 0. The van der Waals surface area contributed by atoms with Crippen molar-refractivity contribution in [2.45, 2.75) is 13.5 Å². The Kier molecular flexibility index (Phi) is 4.38. The van der Waals surface area contributed by atoms with Crippen LogP contribution in [0.4, 0.5) is 0 Å². The molecule has 1 aromatic heterocycles. The number of hydrogen-bond donors (Lipinski definition) is 0. The molecule has 0 atom stereocenters. The molecule has 2 aromatic carbocycles. The molecule has 0 fully saturated rings. The van der Waals surface area contributed by atoms with E-state index in [1.807, 2.05) is 37.3 Å². The summed E-state index contributed by atoms with van der Waals surface area (Å²) in [5.74, 6) is 2.59. The molecular weight excluding hydrogens is 340 g/mol. The van der Waals surface area contributed by atoms with Crippen LogP contribution in [0.1, 0.15) is 33.0 Å². The molecule has 0 unspecified atom stereocenters. The summed E-state index contributed by atoms with van der Waals surface area (Å²) >= 11 is 0. The highest BCUT2D eigenvalue weighted by molar-refractivity contribution is 6.14. The zero-order valence-corrected chi connectivity index (χ0v) is 14.9. The van der Waals surface area contributed by atoms with Gasteiger partial charge in [-0.1, -0.05) is 36.9 Å². The standard InChI is InChI=1S/C23H18O4/c1-3-16-5-7-17(8-6-16)14-25-18-10-11-20-21(12-18)27-22(23(20)24)13-19-9-4-15(2)26-19/h3-13H,1,14H2,2H3. The Labute approximate surface area is 157 Å². The van der Waals surface area contributed by atoms with Crippen molar-refractivity contribution >= 4 is 17.9 Å². The first-order valence-corrected chi connectivity index (χ1v) is 8.61. The SMILES string of the molecule is C=Cc1ccc(COc2ccc3c(c2)OC(=Cc2ccc(C)o2)C3=O)cc1. The number of aryl methyl sites for hydroxylation is 1. The molecule has 0 N–H and O–H groups in total. The van der Waals surface area contributed by atoms with E-state index in [1.165, 1.54) is 0 Å². The third kappa shape index (κ3) is 3.55. The van der Waals surface area contributed by atoms with Crippen LogP contribution in [-0.4, -0.2) is 5.78 Å². The Morgan fingerprint density at radius 3 is 2.59 bits per heavy atom. The minimum Gasteiger partial charge on any atom is -0.489 e. The summed E-state index contributed by atoms with van der Waals surface area (Å²) in [5.41, 5.74) is 2.63. The van der Waals surface area contributed by atoms with E-state index in [4.69, 9.17) is 13.9 Å².